The molecule has 10 heteroatoms. The predicted octanol–water partition coefficient (Wildman–Crippen LogP) is 0.804. The number of aliphatic hydroxyl groups excluding tert-OH is 1. The Kier molecular flexibility index (Phi) is 7.42. The average Bonchev–Trinajstić information content (AvgIpc) is 2.71. The molecule has 2 heterocycles. The zero-order chi connectivity index (χ0) is 20.9. The standard InChI is InChI=1S/C19H30N4O5S/c1-29(26,27)22-16-8-5-11-23(17(16)12-24)18(25)13-28-19-15(9-10-20-21-19)14-6-3-2-4-7-14/h9-10,14,16-17,22,24H,2-8,11-13H2,1H3. The number of carbonyl (C=O) groups excluding carboxylic acids is 1. The normalized spacial score (nSPS) is 23.7. The van der Waals surface area contributed by atoms with Gasteiger partial charge in [0.05, 0.1) is 25.1 Å². The lowest BCUT2D eigenvalue weighted by molar-refractivity contribution is -0.139. The predicted molar refractivity (Wildman–Crippen MR) is 107 cm³/mol. The van der Waals surface area contributed by atoms with E-state index in [-0.39, 0.29) is 19.1 Å². The van der Waals surface area contributed by atoms with Gasteiger partial charge in [-0.2, -0.15) is 5.10 Å². The van der Waals surface area contributed by atoms with Gasteiger partial charge in [0.15, 0.2) is 6.61 Å². The van der Waals surface area contributed by atoms with Crippen LogP contribution in [0.25, 0.3) is 0 Å². The minimum atomic E-state index is -3.44. The molecule has 9 nitrogen and oxygen atoms in total. The number of sulfonamides is 1. The first-order valence-corrected chi connectivity index (χ1v) is 12.1. The number of likely N-dealkylation sites (tertiary alicyclic amines) is 1. The Labute approximate surface area is 171 Å². The summed E-state index contributed by atoms with van der Waals surface area (Å²) in [5, 5.41) is 17.8. The second-order valence-corrected chi connectivity index (χ2v) is 9.67. The molecule has 1 aromatic rings. The van der Waals surface area contributed by atoms with Gasteiger partial charge in [0.25, 0.3) is 5.91 Å². The molecular weight excluding hydrogens is 396 g/mol. The Balaban J connectivity index is 1.65. The van der Waals surface area contributed by atoms with Gasteiger partial charge in [-0.1, -0.05) is 19.3 Å². The molecule has 1 saturated carbocycles. The number of aliphatic hydroxyl groups is 1. The first kappa shape index (κ1) is 21.9. The second kappa shape index (κ2) is 9.82. The topological polar surface area (TPSA) is 122 Å². The van der Waals surface area contributed by atoms with E-state index in [0.29, 0.717) is 31.2 Å². The summed E-state index contributed by atoms with van der Waals surface area (Å²) in [6.45, 7) is -0.0940. The van der Waals surface area contributed by atoms with Crippen molar-refractivity contribution in [3.05, 3.63) is 17.8 Å². The lowest BCUT2D eigenvalue weighted by atomic mass is 9.85. The van der Waals surface area contributed by atoms with Crippen molar-refractivity contribution in [2.75, 3.05) is 26.0 Å². The highest BCUT2D eigenvalue weighted by molar-refractivity contribution is 7.88. The van der Waals surface area contributed by atoms with Crippen LogP contribution < -0.4 is 9.46 Å². The van der Waals surface area contributed by atoms with Crippen molar-refractivity contribution in [2.24, 2.45) is 0 Å². The van der Waals surface area contributed by atoms with Crippen molar-refractivity contribution < 1.29 is 23.1 Å². The SMILES string of the molecule is CS(=O)(=O)NC1CCCN(C(=O)COc2nnccc2C2CCCCC2)C1CO. The summed E-state index contributed by atoms with van der Waals surface area (Å²) in [4.78, 5) is 14.3. The molecule has 1 aromatic heterocycles. The number of amides is 1. The summed E-state index contributed by atoms with van der Waals surface area (Å²) >= 11 is 0. The fourth-order valence-corrected chi connectivity index (χ4v) is 5.21. The molecule has 29 heavy (non-hydrogen) atoms. The molecule has 1 saturated heterocycles. The van der Waals surface area contributed by atoms with Gasteiger partial charge in [0.1, 0.15) is 0 Å². The molecule has 2 atom stereocenters. The summed E-state index contributed by atoms with van der Waals surface area (Å²) in [7, 11) is -3.44. The fraction of sp³-hybridized carbons (Fsp3) is 0.737. The Morgan fingerprint density at radius 1 is 1.28 bits per heavy atom. The molecule has 0 radical (unpaired) electrons. The quantitative estimate of drug-likeness (QED) is 0.661. The second-order valence-electron chi connectivity index (χ2n) is 7.89. The van der Waals surface area contributed by atoms with Gasteiger partial charge in [0.2, 0.25) is 15.9 Å². The van der Waals surface area contributed by atoms with Gasteiger partial charge in [-0.05, 0) is 37.7 Å². The smallest absolute Gasteiger partial charge is 0.260 e. The highest BCUT2D eigenvalue weighted by atomic mass is 32.2. The van der Waals surface area contributed by atoms with Crippen molar-refractivity contribution in [1.82, 2.24) is 19.8 Å². The Morgan fingerprint density at radius 2 is 2.03 bits per heavy atom. The Bertz CT molecular complexity index is 798. The minimum Gasteiger partial charge on any atom is -0.466 e. The number of hydrogen-bond acceptors (Lipinski definition) is 7. The number of ether oxygens (including phenoxy) is 1. The molecule has 162 valence electrons. The number of piperidine rings is 1. The van der Waals surface area contributed by atoms with Gasteiger partial charge in [-0.25, -0.2) is 13.1 Å². The largest absolute Gasteiger partial charge is 0.466 e. The van der Waals surface area contributed by atoms with E-state index in [1.54, 1.807) is 6.20 Å². The van der Waals surface area contributed by atoms with Gasteiger partial charge < -0.3 is 14.7 Å². The van der Waals surface area contributed by atoms with Crippen LogP contribution in [0.3, 0.4) is 0 Å². The van der Waals surface area contributed by atoms with Crippen LogP contribution in [-0.4, -0.2) is 72.6 Å². The van der Waals surface area contributed by atoms with E-state index in [1.165, 1.54) is 24.2 Å². The van der Waals surface area contributed by atoms with Gasteiger partial charge in [-0.15, -0.1) is 5.10 Å². The molecule has 2 fully saturated rings. The zero-order valence-electron chi connectivity index (χ0n) is 16.8. The lowest BCUT2D eigenvalue weighted by Crippen LogP contribution is -2.59. The van der Waals surface area contributed by atoms with Crippen LogP contribution in [0.2, 0.25) is 0 Å². The van der Waals surface area contributed by atoms with Crippen LogP contribution in [0.15, 0.2) is 12.3 Å². The van der Waals surface area contributed by atoms with Crippen molar-refractivity contribution in [2.45, 2.75) is 62.9 Å². The minimum absolute atomic E-state index is 0.222. The van der Waals surface area contributed by atoms with E-state index in [0.717, 1.165) is 24.7 Å². The van der Waals surface area contributed by atoms with Crippen LogP contribution in [0.5, 0.6) is 5.88 Å². The number of carbonyl (C=O) groups is 1. The van der Waals surface area contributed by atoms with E-state index < -0.39 is 22.1 Å². The van der Waals surface area contributed by atoms with Crippen molar-refractivity contribution in [3.63, 3.8) is 0 Å². The van der Waals surface area contributed by atoms with Crippen LogP contribution in [0.1, 0.15) is 56.4 Å². The summed E-state index contributed by atoms with van der Waals surface area (Å²) in [6, 6.07) is 0.781. The zero-order valence-corrected chi connectivity index (χ0v) is 17.6. The average molecular weight is 427 g/mol. The van der Waals surface area contributed by atoms with Crippen LogP contribution in [-0.2, 0) is 14.8 Å². The van der Waals surface area contributed by atoms with E-state index in [1.807, 2.05) is 6.07 Å². The third-order valence-corrected chi connectivity index (χ3v) is 6.48. The fourth-order valence-electron chi connectivity index (χ4n) is 4.38. The molecule has 0 bridgehead atoms. The summed E-state index contributed by atoms with van der Waals surface area (Å²) in [5.74, 6) is 0.452. The highest BCUT2D eigenvalue weighted by Gasteiger charge is 2.35. The number of rotatable bonds is 7. The third-order valence-electron chi connectivity index (χ3n) is 5.75. The van der Waals surface area contributed by atoms with Crippen LogP contribution in [0.4, 0.5) is 0 Å². The molecule has 0 aromatic carbocycles. The monoisotopic (exact) mass is 426 g/mol. The summed E-state index contributed by atoms with van der Waals surface area (Å²) in [5.41, 5.74) is 0.987. The van der Waals surface area contributed by atoms with E-state index in [2.05, 4.69) is 14.9 Å². The Morgan fingerprint density at radius 3 is 2.72 bits per heavy atom. The van der Waals surface area contributed by atoms with Crippen LogP contribution in [0, 0.1) is 0 Å². The molecule has 1 amide bonds. The van der Waals surface area contributed by atoms with Crippen LogP contribution >= 0.6 is 0 Å². The molecule has 1 aliphatic carbocycles. The van der Waals surface area contributed by atoms with E-state index >= 15 is 0 Å². The summed E-state index contributed by atoms with van der Waals surface area (Å²) in [6.07, 6.45) is 9.68. The summed E-state index contributed by atoms with van der Waals surface area (Å²) < 4.78 is 31.5. The van der Waals surface area contributed by atoms with E-state index in [9.17, 15) is 18.3 Å². The molecule has 0 spiro atoms. The third kappa shape index (κ3) is 5.86. The molecule has 3 rings (SSSR count). The van der Waals surface area contributed by atoms with Gasteiger partial charge in [0, 0.05) is 18.2 Å². The van der Waals surface area contributed by atoms with Gasteiger partial charge >= 0.3 is 0 Å². The first-order chi connectivity index (χ1) is 13.9. The van der Waals surface area contributed by atoms with E-state index in [4.69, 9.17) is 4.74 Å². The lowest BCUT2D eigenvalue weighted by Gasteiger charge is -2.40. The molecule has 2 N–H and O–H groups in total. The highest BCUT2D eigenvalue weighted by Crippen LogP contribution is 2.36. The number of aromatic nitrogens is 2. The number of nitrogens with zero attached hydrogens (tertiary/aromatic N) is 3. The molecular formula is C19H30N4O5S. The first-order valence-electron chi connectivity index (χ1n) is 10.2. The van der Waals surface area contributed by atoms with Gasteiger partial charge in [-0.3, -0.25) is 4.79 Å². The molecule has 2 unspecified atom stereocenters. The molecule has 2 aliphatic rings. The molecule has 1 aliphatic heterocycles. The van der Waals surface area contributed by atoms with Crippen molar-refractivity contribution in [1.29, 1.82) is 0 Å². The maximum Gasteiger partial charge on any atom is 0.260 e. The number of hydrogen-bond donors (Lipinski definition) is 2. The van der Waals surface area contributed by atoms with Crippen molar-refractivity contribution in [3.8, 4) is 5.88 Å². The number of nitrogens with one attached hydrogen (secondary N) is 1. The van der Waals surface area contributed by atoms with Crippen molar-refractivity contribution >= 4 is 15.9 Å². The maximum atomic E-state index is 12.8. The Hall–Kier alpha value is -1.78. The maximum absolute atomic E-state index is 12.8.